The van der Waals surface area contributed by atoms with Crippen molar-refractivity contribution >= 4 is 6.99 Å². The average molecular weight is 114 g/mol. The quantitative estimate of drug-likeness (QED) is 0.494. The predicted octanol–water partition coefficient (Wildman–Crippen LogP) is 2.52. The normalized spacial score (nSPS) is 26.2. The number of hydrogen-bond donors (Lipinski definition) is 0. The van der Waals surface area contributed by atoms with E-state index in [1.165, 1.54) is 12.8 Å². The van der Waals surface area contributed by atoms with Gasteiger partial charge in [-0.2, -0.15) is 0 Å². The number of unbranched alkanes of at least 4 members (excludes halogenated alkanes) is 1. The molecule has 0 amide bonds. The van der Waals surface area contributed by atoms with E-state index in [0.717, 1.165) is 12.7 Å². The van der Waals surface area contributed by atoms with Crippen LogP contribution in [0.5, 0.6) is 0 Å². The van der Waals surface area contributed by atoms with Crippen molar-refractivity contribution in [2.24, 2.45) is 0 Å². The zero-order valence-electron chi connectivity index (χ0n) is 5.36. The Kier molecular flexibility index (Phi) is 1.93. The molecule has 0 aromatic carbocycles. The zero-order chi connectivity index (χ0) is 5.98. The summed E-state index contributed by atoms with van der Waals surface area (Å²) >= 11 is 0. The minimum atomic E-state index is -0.429. The molecule has 1 aliphatic heterocycles. The molecular formula is C6H12BF. The van der Waals surface area contributed by atoms with Crippen LogP contribution in [-0.4, -0.2) is 6.99 Å². The van der Waals surface area contributed by atoms with Crippen LogP contribution in [0.2, 0.25) is 12.1 Å². The van der Waals surface area contributed by atoms with Gasteiger partial charge < -0.3 is 4.32 Å². The second kappa shape index (κ2) is 2.52. The molecule has 0 aliphatic carbocycles. The van der Waals surface area contributed by atoms with Crippen LogP contribution >= 0.6 is 0 Å². The van der Waals surface area contributed by atoms with Gasteiger partial charge >= 0.3 is 6.99 Å². The summed E-state index contributed by atoms with van der Waals surface area (Å²) in [5.74, 6) is 0.454. The summed E-state index contributed by atoms with van der Waals surface area (Å²) in [6.45, 7) is 1.72. The van der Waals surface area contributed by atoms with E-state index in [1.54, 1.807) is 0 Å². The summed E-state index contributed by atoms with van der Waals surface area (Å²) < 4.78 is 12.1. The molecule has 0 nitrogen and oxygen atoms in total. The first-order chi connectivity index (χ1) is 3.84. The molecule has 0 bridgehead atoms. The molecule has 0 N–H and O–H groups in total. The highest BCUT2D eigenvalue weighted by Crippen LogP contribution is 2.42. The Hall–Kier alpha value is -0.00506. The van der Waals surface area contributed by atoms with Crippen molar-refractivity contribution in [2.75, 3.05) is 0 Å². The first-order valence-electron chi connectivity index (χ1n) is 3.48. The van der Waals surface area contributed by atoms with Crippen LogP contribution in [0.25, 0.3) is 0 Å². The molecule has 1 rings (SSSR count). The lowest BCUT2D eigenvalue weighted by atomic mass is 9.92. The third-order valence-corrected chi connectivity index (χ3v) is 1.76. The summed E-state index contributed by atoms with van der Waals surface area (Å²) in [7, 11) is 0. The van der Waals surface area contributed by atoms with Gasteiger partial charge in [0.2, 0.25) is 0 Å². The van der Waals surface area contributed by atoms with Gasteiger partial charge in [0.05, 0.1) is 0 Å². The average Bonchev–Trinajstić information content (AvgIpc) is 2.42. The molecule has 1 fully saturated rings. The topological polar surface area (TPSA) is 0 Å². The van der Waals surface area contributed by atoms with Crippen molar-refractivity contribution in [1.82, 2.24) is 0 Å². The number of rotatable bonds is 3. The van der Waals surface area contributed by atoms with E-state index >= 15 is 0 Å². The van der Waals surface area contributed by atoms with Gasteiger partial charge in [-0.25, -0.2) is 0 Å². The fourth-order valence-corrected chi connectivity index (χ4v) is 0.976. The molecule has 0 aromatic rings. The molecule has 0 aromatic heterocycles. The number of hydrogen-bond acceptors (Lipinski definition) is 0. The molecule has 46 valence electrons. The zero-order valence-corrected chi connectivity index (χ0v) is 5.36. The standard InChI is InChI=1S/C6H12BF/c1-2-3-4-6-5-7(6)8/h6H,2-5H2,1H3. The monoisotopic (exact) mass is 114 g/mol. The van der Waals surface area contributed by atoms with Gasteiger partial charge in [-0.05, 0) is 12.1 Å². The van der Waals surface area contributed by atoms with Gasteiger partial charge in [0.25, 0.3) is 0 Å². The molecular weight excluding hydrogens is 102 g/mol. The molecule has 1 saturated heterocycles. The molecule has 8 heavy (non-hydrogen) atoms. The maximum atomic E-state index is 12.1. The van der Waals surface area contributed by atoms with E-state index in [9.17, 15) is 4.32 Å². The SMILES string of the molecule is CCCCC1CB1F. The first kappa shape index (κ1) is 6.12. The molecule has 2 heteroatoms. The van der Waals surface area contributed by atoms with Crippen molar-refractivity contribution < 1.29 is 4.32 Å². The molecule has 0 saturated carbocycles. The third kappa shape index (κ3) is 1.50. The minimum absolute atomic E-state index is 0.429. The summed E-state index contributed by atoms with van der Waals surface area (Å²) in [4.78, 5) is 0. The molecule has 0 radical (unpaired) electrons. The maximum absolute atomic E-state index is 12.1. The van der Waals surface area contributed by atoms with Gasteiger partial charge in [-0.3, -0.25) is 0 Å². The van der Waals surface area contributed by atoms with Crippen LogP contribution in [0.1, 0.15) is 26.2 Å². The summed E-state index contributed by atoms with van der Waals surface area (Å²) in [5.41, 5.74) is 0. The Labute approximate surface area is 50.6 Å². The van der Waals surface area contributed by atoms with E-state index in [0.29, 0.717) is 5.82 Å². The molecule has 1 unspecified atom stereocenters. The van der Waals surface area contributed by atoms with Gasteiger partial charge in [0.1, 0.15) is 0 Å². The van der Waals surface area contributed by atoms with Gasteiger partial charge in [0.15, 0.2) is 0 Å². The van der Waals surface area contributed by atoms with Crippen LogP contribution in [0.15, 0.2) is 0 Å². The van der Waals surface area contributed by atoms with Crippen molar-refractivity contribution in [3.63, 3.8) is 0 Å². The van der Waals surface area contributed by atoms with Crippen LogP contribution in [0.3, 0.4) is 0 Å². The summed E-state index contributed by atoms with van der Waals surface area (Å²) in [6.07, 6.45) is 4.39. The van der Waals surface area contributed by atoms with E-state index < -0.39 is 6.99 Å². The third-order valence-electron chi connectivity index (χ3n) is 1.76. The van der Waals surface area contributed by atoms with Gasteiger partial charge in [0, 0.05) is 0 Å². The van der Waals surface area contributed by atoms with E-state index in [-0.39, 0.29) is 0 Å². The molecule has 0 spiro atoms. The lowest BCUT2D eigenvalue weighted by Crippen LogP contribution is -1.77. The highest BCUT2D eigenvalue weighted by atomic mass is 19.1. The van der Waals surface area contributed by atoms with Crippen molar-refractivity contribution in [3.8, 4) is 0 Å². The largest absolute Gasteiger partial charge is 0.350 e. The summed E-state index contributed by atoms with van der Waals surface area (Å²) in [6, 6.07) is 0. The molecule has 1 atom stereocenters. The first-order valence-corrected chi connectivity index (χ1v) is 3.48. The van der Waals surface area contributed by atoms with Gasteiger partial charge in [-0.15, -0.1) is 0 Å². The highest BCUT2D eigenvalue weighted by Gasteiger charge is 2.42. The maximum Gasteiger partial charge on any atom is 0.350 e. The Morgan fingerprint density at radius 2 is 2.38 bits per heavy atom. The van der Waals surface area contributed by atoms with E-state index in [2.05, 4.69) is 6.92 Å². The fraction of sp³-hybridized carbons (Fsp3) is 1.00. The smallest absolute Gasteiger partial charge is 0.336 e. The second-order valence-corrected chi connectivity index (χ2v) is 2.65. The van der Waals surface area contributed by atoms with Crippen LogP contribution in [0, 0.1) is 0 Å². The Bertz CT molecular complexity index is 74.9. The molecule has 1 aliphatic rings. The van der Waals surface area contributed by atoms with Crippen LogP contribution < -0.4 is 0 Å². The second-order valence-electron chi connectivity index (χ2n) is 2.65. The highest BCUT2D eigenvalue weighted by molar-refractivity contribution is 6.64. The van der Waals surface area contributed by atoms with Crippen LogP contribution in [-0.2, 0) is 0 Å². The van der Waals surface area contributed by atoms with Crippen LogP contribution in [0.4, 0.5) is 4.32 Å². The lowest BCUT2D eigenvalue weighted by Gasteiger charge is -1.89. The fourth-order valence-electron chi connectivity index (χ4n) is 0.976. The summed E-state index contributed by atoms with van der Waals surface area (Å²) in [5, 5.41) is 0. The predicted molar refractivity (Wildman–Crippen MR) is 34.9 cm³/mol. The minimum Gasteiger partial charge on any atom is -0.336 e. The van der Waals surface area contributed by atoms with Crippen molar-refractivity contribution in [3.05, 3.63) is 0 Å². The Balaban J connectivity index is 1.89. The number of halogens is 1. The van der Waals surface area contributed by atoms with Gasteiger partial charge in [-0.1, -0.05) is 26.2 Å². The van der Waals surface area contributed by atoms with Crippen molar-refractivity contribution in [1.29, 1.82) is 0 Å². The van der Waals surface area contributed by atoms with E-state index in [1.807, 2.05) is 0 Å². The van der Waals surface area contributed by atoms with E-state index in [4.69, 9.17) is 0 Å². The Morgan fingerprint density at radius 3 is 2.75 bits per heavy atom. The van der Waals surface area contributed by atoms with Crippen molar-refractivity contribution in [2.45, 2.75) is 38.3 Å². The molecule has 1 heterocycles. The lowest BCUT2D eigenvalue weighted by molar-refractivity contribution is 0.721. The Morgan fingerprint density at radius 1 is 1.75 bits per heavy atom.